The molecule has 0 spiro atoms. The van der Waals surface area contributed by atoms with Gasteiger partial charge in [0.05, 0.1) is 18.2 Å². The lowest BCUT2D eigenvalue weighted by molar-refractivity contribution is -0.140. The van der Waals surface area contributed by atoms with E-state index in [-0.39, 0.29) is 11.3 Å². The highest BCUT2D eigenvalue weighted by atomic mass is 16.5. The second kappa shape index (κ2) is 12.1. The first-order valence-electron chi connectivity index (χ1n) is 12.7. The summed E-state index contributed by atoms with van der Waals surface area (Å²) in [5.41, 5.74) is 3.28. The molecule has 1 unspecified atom stereocenters. The number of aliphatic hydroxyl groups is 1. The normalized spacial score (nSPS) is 17.2. The predicted molar refractivity (Wildman–Crippen MR) is 145 cm³/mol. The van der Waals surface area contributed by atoms with Gasteiger partial charge in [0.25, 0.3) is 11.7 Å². The first-order chi connectivity index (χ1) is 17.2. The van der Waals surface area contributed by atoms with E-state index in [1.807, 2.05) is 57.1 Å². The van der Waals surface area contributed by atoms with Crippen molar-refractivity contribution in [1.29, 1.82) is 0 Å². The van der Waals surface area contributed by atoms with E-state index < -0.39 is 17.7 Å². The van der Waals surface area contributed by atoms with Gasteiger partial charge < -0.3 is 24.5 Å². The van der Waals surface area contributed by atoms with Crippen molar-refractivity contribution in [1.82, 2.24) is 9.80 Å². The number of rotatable bonds is 11. The lowest BCUT2D eigenvalue weighted by Crippen LogP contribution is -2.38. The predicted octanol–water partition coefficient (Wildman–Crippen LogP) is 4.61. The summed E-state index contributed by atoms with van der Waals surface area (Å²) in [6.07, 6.45) is 0.894. The fourth-order valence-electron chi connectivity index (χ4n) is 4.53. The second-order valence-corrected chi connectivity index (χ2v) is 9.33. The van der Waals surface area contributed by atoms with E-state index in [1.165, 1.54) is 0 Å². The van der Waals surface area contributed by atoms with Crippen molar-refractivity contribution >= 4 is 23.1 Å². The molecule has 0 bridgehead atoms. The van der Waals surface area contributed by atoms with Gasteiger partial charge in [-0.1, -0.05) is 32.9 Å². The van der Waals surface area contributed by atoms with Gasteiger partial charge in [-0.2, -0.15) is 0 Å². The Morgan fingerprint density at radius 2 is 1.69 bits per heavy atom. The van der Waals surface area contributed by atoms with Crippen molar-refractivity contribution in [2.75, 3.05) is 51.8 Å². The average molecular weight is 494 g/mol. The van der Waals surface area contributed by atoms with Crippen LogP contribution in [0, 0.1) is 6.92 Å². The van der Waals surface area contributed by atoms with Crippen LogP contribution in [0.5, 0.6) is 5.75 Å². The van der Waals surface area contributed by atoms with Crippen LogP contribution in [0.2, 0.25) is 0 Å². The van der Waals surface area contributed by atoms with Crippen LogP contribution in [0.3, 0.4) is 0 Å². The third-order valence-electron chi connectivity index (χ3n) is 6.73. The van der Waals surface area contributed by atoms with E-state index in [2.05, 4.69) is 18.7 Å². The Bertz CT molecular complexity index is 1100. The average Bonchev–Trinajstić information content (AvgIpc) is 3.13. The lowest BCUT2D eigenvalue weighted by Gasteiger charge is -2.28. The van der Waals surface area contributed by atoms with Gasteiger partial charge in [0.15, 0.2) is 0 Å². The number of anilines is 1. The first kappa shape index (κ1) is 27.3. The molecule has 7 nitrogen and oxygen atoms in total. The van der Waals surface area contributed by atoms with Crippen LogP contribution >= 0.6 is 0 Å². The quantitative estimate of drug-likeness (QED) is 0.280. The Morgan fingerprint density at radius 3 is 2.25 bits per heavy atom. The number of aliphatic hydroxyl groups excluding tert-OH is 1. The Balaban J connectivity index is 2.08. The number of hydrogen-bond acceptors (Lipinski definition) is 6. The van der Waals surface area contributed by atoms with Crippen molar-refractivity contribution in [3.05, 3.63) is 64.7 Å². The molecule has 1 heterocycles. The molecule has 194 valence electrons. The van der Waals surface area contributed by atoms with Crippen LogP contribution in [0.15, 0.2) is 48.0 Å². The molecule has 1 N–H and O–H groups in total. The highest BCUT2D eigenvalue weighted by Crippen LogP contribution is 2.40. The van der Waals surface area contributed by atoms with E-state index in [1.54, 1.807) is 23.1 Å². The van der Waals surface area contributed by atoms with Crippen LogP contribution in [-0.4, -0.2) is 73.5 Å². The molecule has 7 heteroatoms. The van der Waals surface area contributed by atoms with Crippen molar-refractivity contribution < 1.29 is 19.4 Å². The summed E-state index contributed by atoms with van der Waals surface area (Å²) in [6, 6.07) is 12.5. The highest BCUT2D eigenvalue weighted by Gasteiger charge is 2.46. The van der Waals surface area contributed by atoms with Crippen molar-refractivity contribution in [3.63, 3.8) is 0 Å². The fraction of sp³-hybridized carbons (Fsp3) is 0.448. The molecule has 3 rings (SSSR count). The van der Waals surface area contributed by atoms with Crippen LogP contribution < -0.4 is 9.64 Å². The minimum Gasteiger partial charge on any atom is -0.507 e. The Labute approximate surface area is 215 Å². The van der Waals surface area contributed by atoms with E-state index in [9.17, 15) is 14.7 Å². The van der Waals surface area contributed by atoms with Gasteiger partial charge in [0, 0.05) is 38.4 Å². The number of carbonyl (C=O) groups excluding carboxylic acids is 2. The minimum atomic E-state index is -0.659. The number of likely N-dealkylation sites (N-methyl/N-ethyl adjacent to an activating group) is 1. The van der Waals surface area contributed by atoms with Gasteiger partial charge in [-0.3, -0.25) is 9.59 Å². The van der Waals surface area contributed by atoms with Gasteiger partial charge in [0.1, 0.15) is 11.5 Å². The maximum absolute atomic E-state index is 13.3. The summed E-state index contributed by atoms with van der Waals surface area (Å²) >= 11 is 0. The van der Waals surface area contributed by atoms with E-state index >= 15 is 0 Å². The van der Waals surface area contributed by atoms with Crippen molar-refractivity contribution in [3.8, 4) is 5.75 Å². The van der Waals surface area contributed by atoms with Crippen LogP contribution in [0.25, 0.3) is 5.76 Å². The first-order valence-corrected chi connectivity index (χ1v) is 12.7. The lowest BCUT2D eigenvalue weighted by atomic mass is 9.94. The zero-order valence-corrected chi connectivity index (χ0v) is 22.4. The zero-order valence-electron chi connectivity index (χ0n) is 22.4. The Morgan fingerprint density at radius 1 is 1.03 bits per heavy atom. The summed E-state index contributed by atoms with van der Waals surface area (Å²) in [5, 5.41) is 11.4. The van der Waals surface area contributed by atoms with Gasteiger partial charge in [-0.15, -0.1) is 0 Å². The Kier molecular flexibility index (Phi) is 9.15. The zero-order chi connectivity index (χ0) is 26.4. The number of aryl methyl sites for hydroxylation is 1. The van der Waals surface area contributed by atoms with Crippen LogP contribution in [0.1, 0.15) is 49.9 Å². The number of nitrogens with zero attached hydrogens (tertiary/aromatic N) is 3. The number of carbonyl (C=O) groups is 2. The molecule has 0 aromatic heterocycles. The minimum absolute atomic E-state index is 0.124. The molecule has 1 aliphatic rings. The monoisotopic (exact) mass is 493 g/mol. The molecule has 0 saturated carbocycles. The topological polar surface area (TPSA) is 73.3 Å². The van der Waals surface area contributed by atoms with E-state index in [0.29, 0.717) is 25.3 Å². The van der Waals surface area contributed by atoms with Gasteiger partial charge in [-0.25, -0.2) is 0 Å². The van der Waals surface area contributed by atoms with Crippen LogP contribution in [-0.2, 0) is 9.59 Å². The maximum atomic E-state index is 13.3. The molecule has 1 atom stereocenters. The molecule has 2 aromatic carbocycles. The summed E-state index contributed by atoms with van der Waals surface area (Å²) in [5.74, 6) is -0.655. The van der Waals surface area contributed by atoms with E-state index in [0.717, 1.165) is 42.1 Å². The standard InChI is InChI=1S/C29H39N3O4/c1-7-18-36-24-15-12-22(19-20(24)4)27(33)25-26(21-10-13-23(14-11-21)30(5)6)32(29(35)28(25)34)17-16-31(8-2)9-3/h10-15,19,26,33H,7-9,16-18H2,1-6H3/b27-25-. The van der Waals surface area contributed by atoms with Crippen LogP contribution in [0.4, 0.5) is 5.69 Å². The molecule has 0 aliphatic carbocycles. The molecule has 1 amide bonds. The largest absolute Gasteiger partial charge is 0.507 e. The molecule has 0 radical (unpaired) electrons. The highest BCUT2D eigenvalue weighted by molar-refractivity contribution is 6.46. The van der Waals surface area contributed by atoms with Crippen molar-refractivity contribution in [2.45, 2.75) is 40.2 Å². The fourth-order valence-corrected chi connectivity index (χ4v) is 4.53. The Hall–Kier alpha value is -3.32. The van der Waals surface area contributed by atoms with E-state index in [4.69, 9.17) is 4.74 Å². The summed E-state index contributed by atoms with van der Waals surface area (Å²) in [4.78, 5) is 32.3. The molecule has 36 heavy (non-hydrogen) atoms. The number of amides is 1. The number of hydrogen-bond donors (Lipinski definition) is 1. The summed E-state index contributed by atoms with van der Waals surface area (Å²) in [7, 11) is 3.92. The number of ketones is 1. The third-order valence-corrected chi connectivity index (χ3v) is 6.73. The van der Waals surface area contributed by atoms with Gasteiger partial charge in [-0.05, 0) is 67.9 Å². The SMILES string of the molecule is CCCOc1ccc(/C(O)=C2/C(=O)C(=O)N(CCN(CC)CC)C2c2ccc(N(C)C)cc2)cc1C. The maximum Gasteiger partial charge on any atom is 0.295 e. The summed E-state index contributed by atoms with van der Waals surface area (Å²) < 4.78 is 5.76. The molecular formula is C29H39N3O4. The number of Topliss-reactive ketones (excluding diaryl/α,β-unsaturated/α-hetero) is 1. The third kappa shape index (κ3) is 5.73. The van der Waals surface area contributed by atoms with Gasteiger partial charge in [0.2, 0.25) is 0 Å². The number of benzene rings is 2. The van der Waals surface area contributed by atoms with Gasteiger partial charge >= 0.3 is 0 Å². The van der Waals surface area contributed by atoms with Crippen molar-refractivity contribution in [2.24, 2.45) is 0 Å². The summed E-state index contributed by atoms with van der Waals surface area (Å²) in [6.45, 7) is 11.5. The molecule has 1 saturated heterocycles. The number of ether oxygens (including phenoxy) is 1. The molecule has 1 aliphatic heterocycles. The molecular weight excluding hydrogens is 454 g/mol. The second-order valence-electron chi connectivity index (χ2n) is 9.33. The smallest absolute Gasteiger partial charge is 0.295 e. The molecule has 1 fully saturated rings. The molecule has 2 aromatic rings. The number of likely N-dealkylation sites (tertiary alicyclic amines) is 1.